The van der Waals surface area contributed by atoms with Gasteiger partial charge in [0.1, 0.15) is 0 Å². The molecule has 2 aromatic carbocycles. The molecule has 1 fully saturated rings. The fourth-order valence-corrected chi connectivity index (χ4v) is 3.56. The lowest BCUT2D eigenvalue weighted by Crippen LogP contribution is -2.32. The Balaban J connectivity index is 1.61. The minimum absolute atomic E-state index is 0.0118. The Hall–Kier alpha value is -1.56. The van der Waals surface area contributed by atoms with Gasteiger partial charge in [0, 0.05) is 27.9 Å². The first kappa shape index (κ1) is 18.2. The van der Waals surface area contributed by atoms with E-state index in [1.54, 1.807) is 0 Å². The van der Waals surface area contributed by atoms with E-state index in [9.17, 15) is 4.79 Å². The maximum Gasteiger partial charge on any atom is 0.251 e. The first-order valence-electron chi connectivity index (χ1n) is 8.94. The van der Waals surface area contributed by atoms with E-state index in [2.05, 4.69) is 64.0 Å². The number of nitrogens with zero attached hydrogens (tertiary/aromatic N) is 1. The van der Waals surface area contributed by atoms with E-state index in [1.807, 2.05) is 31.2 Å². The van der Waals surface area contributed by atoms with Gasteiger partial charge in [-0.05, 0) is 90.2 Å². The highest BCUT2D eigenvalue weighted by atomic mass is 127. The van der Waals surface area contributed by atoms with Crippen molar-refractivity contribution >= 4 is 34.2 Å². The molecule has 0 radical (unpaired) electrons. The second-order valence-electron chi connectivity index (χ2n) is 6.96. The molecule has 0 unspecified atom stereocenters. The summed E-state index contributed by atoms with van der Waals surface area (Å²) < 4.78 is 1.13. The molecule has 1 heterocycles. The van der Waals surface area contributed by atoms with Gasteiger partial charge in [0.2, 0.25) is 0 Å². The molecule has 25 heavy (non-hydrogen) atoms. The monoisotopic (exact) mass is 448 g/mol. The first-order valence-corrected chi connectivity index (χ1v) is 10.0. The summed E-state index contributed by atoms with van der Waals surface area (Å²) in [6.07, 6.45) is 2.54. The number of piperidine rings is 1. The van der Waals surface area contributed by atoms with Gasteiger partial charge in [0.25, 0.3) is 5.91 Å². The molecule has 0 aromatic heterocycles. The zero-order valence-corrected chi connectivity index (χ0v) is 17.0. The van der Waals surface area contributed by atoms with Gasteiger partial charge in [-0.3, -0.25) is 4.79 Å². The summed E-state index contributed by atoms with van der Waals surface area (Å²) in [6, 6.07) is 16.2. The van der Waals surface area contributed by atoms with Gasteiger partial charge in [-0.2, -0.15) is 0 Å². The number of hydrogen-bond acceptors (Lipinski definition) is 2. The standard InChI is InChI=1S/C21H25IN2O/c1-15-11-13-24(14-12-15)20-9-5-17(6-10-20)16(2)23-21(25)18-3-7-19(22)8-4-18/h3-10,15-16H,11-14H2,1-2H3,(H,23,25)/t16-/m1/s1. The molecule has 4 heteroatoms. The van der Waals surface area contributed by atoms with E-state index >= 15 is 0 Å². The van der Waals surface area contributed by atoms with Gasteiger partial charge in [-0.15, -0.1) is 0 Å². The van der Waals surface area contributed by atoms with Crippen LogP contribution in [0.2, 0.25) is 0 Å². The molecule has 3 rings (SSSR count). The lowest BCUT2D eigenvalue weighted by atomic mass is 9.98. The molecule has 0 spiro atoms. The third kappa shape index (κ3) is 4.75. The predicted molar refractivity (Wildman–Crippen MR) is 112 cm³/mol. The topological polar surface area (TPSA) is 32.3 Å². The zero-order chi connectivity index (χ0) is 17.8. The van der Waals surface area contributed by atoms with Crippen molar-refractivity contribution in [3.05, 3.63) is 63.2 Å². The minimum atomic E-state index is -0.0296. The van der Waals surface area contributed by atoms with Crippen LogP contribution < -0.4 is 10.2 Å². The largest absolute Gasteiger partial charge is 0.372 e. The number of anilines is 1. The van der Waals surface area contributed by atoms with Gasteiger partial charge < -0.3 is 10.2 Å². The molecule has 1 aliphatic heterocycles. The summed E-state index contributed by atoms with van der Waals surface area (Å²) in [4.78, 5) is 14.8. The highest BCUT2D eigenvalue weighted by molar-refractivity contribution is 14.1. The molecule has 1 atom stereocenters. The number of benzene rings is 2. The van der Waals surface area contributed by atoms with Crippen LogP contribution in [0.5, 0.6) is 0 Å². The van der Waals surface area contributed by atoms with Gasteiger partial charge in [-0.1, -0.05) is 19.1 Å². The number of carbonyl (C=O) groups is 1. The maximum atomic E-state index is 12.4. The number of hydrogen-bond donors (Lipinski definition) is 1. The van der Waals surface area contributed by atoms with Crippen molar-refractivity contribution in [2.45, 2.75) is 32.7 Å². The van der Waals surface area contributed by atoms with E-state index in [4.69, 9.17) is 0 Å². The lowest BCUT2D eigenvalue weighted by Gasteiger charge is -2.32. The molecule has 0 aliphatic carbocycles. The van der Waals surface area contributed by atoms with Crippen LogP contribution in [-0.2, 0) is 0 Å². The third-order valence-corrected chi connectivity index (χ3v) is 5.72. The first-order chi connectivity index (χ1) is 12.0. The second-order valence-corrected chi connectivity index (χ2v) is 8.21. The normalized spacial score (nSPS) is 16.5. The quantitative estimate of drug-likeness (QED) is 0.667. The summed E-state index contributed by atoms with van der Waals surface area (Å²) in [5.74, 6) is 0.810. The van der Waals surface area contributed by atoms with Crippen LogP contribution in [0.3, 0.4) is 0 Å². The average molecular weight is 448 g/mol. The number of rotatable bonds is 4. The Morgan fingerprint density at radius 1 is 1.08 bits per heavy atom. The van der Waals surface area contributed by atoms with Gasteiger partial charge in [0.15, 0.2) is 0 Å². The maximum absolute atomic E-state index is 12.4. The summed E-state index contributed by atoms with van der Waals surface area (Å²) in [5.41, 5.74) is 3.12. The Morgan fingerprint density at radius 2 is 1.68 bits per heavy atom. The van der Waals surface area contributed by atoms with Crippen molar-refractivity contribution in [2.75, 3.05) is 18.0 Å². The SMILES string of the molecule is CC1CCN(c2ccc([C@@H](C)NC(=O)c3ccc(I)cc3)cc2)CC1. The van der Waals surface area contributed by atoms with Crippen LogP contribution >= 0.6 is 22.6 Å². The van der Waals surface area contributed by atoms with Crippen LogP contribution in [0, 0.1) is 9.49 Å². The van der Waals surface area contributed by atoms with E-state index in [-0.39, 0.29) is 11.9 Å². The smallest absolute Gasteiger partial charge is 0.251 e. The van der Waals surface area contributed by atoms with Crippen LogP contribution in [-0.4, -0.2) is 19.0 Å². The fourth-order valence-electron chi connectivity index (χ4n) is 3.21. The lowest BCUT2D eigenvalue weighted by molar-refractivity contribution is 0.0940. The molecular formula is C21H25IN2O. The summed E-state index contributed by atoms with van der Waals surface area (Å²) in [5, 5.41) is 3.08. The summed E-state index contributed by atoms with van der Waals surface area (Å²) >= 11 is 2.24. The number of amides is 1. The van der Waals surface area contributed by atoms with Crippen molar-refractivity contribution in [2.24, 2.45) is 5.92 Å². The van der Waals surface area contributed by atoms with Crippen molar-refractivity contribution in [1.29, 1.82) is 0 Å². The molecule has 2 aromatic rings. The minimum Gasteiger partial charge on any atom is -0.372 e. The van der Waals surface area contributed by atoms with Crippen molar-refractivity contribution in [1.82, 2.24) is 5.32 Å². The average Bonchev–Trinajstić information content (AvgIpc) is 2.63. The van der Waals surface area contributed by atoms with Gasteiger partial charge in [-0.25, -0.2) is 0 Å². The number of carbonyl (C=O) groups excluding carboxylic acids is 1. The molecule has 132 valence electrons. The van der Waals surface area contributed by atoms with Crippen molar-refractivity contribution < 1.29 is 4.79 Å². The van der Waals surface area contributed by atoms with Crippen LogP contribution in [0.15, 0.2) is 48.5 Å². The van der Waals surface area contributed by atoms with Crippen LogP contribution in [0.25, 0.3) is 0 Å². The van der Waals surface area contributed by atoms with E-state index in [0.29, 0.717) is 5.56 Å². The molecule has 0 bridgehead atoms. The third-order valence-electron chi connectivity index (χ3n) is 5.00. The number of halogens is 1. The highest BCUT2D eigenvalue weighted by Crippen LogP contribution is 2.24. The number of nitrogens with one attached hydrogen (secondary N) is 1. The van der Waals surface area contributed by atoms with Crippen LogP contribution in [0.1, 0.15) is 48.7 Å². The fraction of sp³-hybridized carbons (Fsp3) is 0.381. The van der Waals surface area contributed by atoms with E-state index in [1.165, 1.54) is 18.5 Å². The van der Waals surface area contributed by atoms with Gasteiger partial charge >= 0.3 is 0 Å². The summed E-state index contributed by atoms with van der Waals surface area (Å²) in [6.45, 7) is 6.64. The Labute approximate surface area is 164 Å². The zero-order valence-electron chi connectivity index (χ0n) is 14.8. The van der Waals surface area contributed by atoms with E-state index in [0.717, 1.165) is 28.1 Å². The Bertz CT molecular complexity index is 704. The molecule has 1 aliphatic rings. The second kappa shape index (κ2) is 8.21. The molecular weight excluding hydrogens is 423 g/mol. The highest BCUT2D eigenvalue weighted by Gasteiger charge is 2.16. The molecule has 0 saturated carbocycles. The Kier molecular flexibility index (Phi) is 5.99. The molecule has 1 amide bonds. The van der Waals surface area contributed by atoms with Crippen LogP contribution in [0.4, 0.5) is 5.69 Å². The van der Waals surface area contributed by atoms with Crippen molar-refractivity contribution in [3.63, 3.8) is 0 Å². The Morgan fingerprint density at radius 3 is 2.28 bits per heavy atom. The predicted octanol–water partition coefficient (Wildman–Crippen LogP) is 5.02. The molecule has 1 N–H and O–H groups in total. The summed E-state index contributed by atoms with van der Waals surface area (Å²) in [7, 11) is 0. The molecule has 1 saturated heterocycles. The molecule has 3 nitrogen and oxygen atoms in total. The van der Waals surface area contributed by atoms with Gasteiger partial charge in [0.05, 0.1) is 6.04 Å². The van der Waals surface area contributed by atoms with Crippen molar-refractivity contribution in [3.8, 4) is 0 Å². The van der Waals surface area contributed by atoms with E-state index < -0.39 is 0 Å².